The minimum absolute atomic E-state index is 0.236. The summed E-state index contributed by atoms with van der Waals surface area (Å²) in [5.41, 5.74) is 3.27. The van der Waals surface area contributed by atoms with E-state index in [1.165, 1.54) is 13.2 Å². The second-order valence-electron chi connectivity index (χ2n) is 7.34. The maximum Gasteiger partial charge on any atom is 0.248 e. The zero-order valence-electron chi connectivity index (χ0n) is 18.2. The predicted octanol–water partition coefficient (Wildman–Crippen LogP) is 6.44. The monoisotopic (exact) mass is 449 g/mol. The van der Waals surface area contributed by atoms with Gasteiger partial charge >= 0.3 is 0 Å². The van der Waals surface area contributed by atoms with Crippen molar-refractivity contribution in [1.29, 1.82) is 0 Å². The van der Waals surface area contributed by atoms with Crippen molar-refractivity contribution in [3.63, 3.8) is 0 Å². The summed E-state index contributed by atoms with van der Waals surface area (Å²) in [6.45, 7) is 1.73. The van der Waals surface area contributed by atoms with Crippen molar-refractivity contribution in [2.24, 2.45) is 0 Å². The van der Waals surface area contributed by atoms with E-state index < -0.39 is 17.5 Å². The van der Waals surface area contributed by atoms with Gasteiger partial charge in [0.2, 0.25) is 5.91 Å². The number of amides is 1. The molecule has 0 fully saturated rings. The van der Waals surface area contributed by atoms with Crippen LogP contribution in [0.4, 0.5) is 14.5 Å². The molecule has 1 N–H and O–H groups in total. The summed E-state index contributed by atoms with van der Waals surface area (Å²) in [6, 6.07) is 14.0. The molecule has 0 aliphatic rings. The van der Waals surface area contributed by atoms with Crippen molar-refractivity contribution in [2.45, 2.75) is 6.92 Å². The molecule has 5 nitrogen and oxygen atoms in total. The Labute approximate surface area is 189 Å². The number of carbonyl (C=O) groups excluding carboxylic acids is 1. The number of carbonyl (C=O) groups is 1. The fraction of sp³-hybridized carbons (Fsp3) is 0.115. The Hall–Kier alpha value is -4.13. The molecule has 0 radical (unpaired) electrons. The lowest BCUT2D eigenvalue weighted by Crippen LogP contribution is -2.10. The summed E-state index contributed by atoms with van der Waals surface area (Å²) in [5.74, 6) is -0.780. The summed E-state index contributed by atoms with van der Waals surface area (Å²) >= 11 is 0. The average Bonchev–Trinajstić information content (AvgIpc) is 3.23. The number of ether oxygens (including phenoxy) is 2. The number of para-hydroxylation sites is 1. The largest absolute Gasteiger partial charge is 0.496 e. The SMILES string of the molecule is COc1cc2occ(-c3ccccc3OC)c2cc1/C(C)=C/C(=O)Nc1cc(F)ccc1F. The maximum atomic E-state index is 13.9. The number of hydrogen-bond donors (Lipinski definition) is 1. The number of nitrogens with one attached hydrogen (secondary N) is 1. The van der Waals surface area contributed by atoms with Crippen LogP contribution in [-0.2, 0) is 4.79 Å². The number of benzene rings is 3. The average molecular weight is 449 g/mol. The summed E-state index contributed by atoms with van der Waals surface area (Å²) in [7, 11) is 3.12. The molecular weight excluding hydrogens is 428 g/mol. The zero-order valence-corrected chi connectivity index (χ0v) is 18.2. The quantitative estimate of drug-likeness (QED) is 0.344. The van der Waals surface area contributed by atoms with Crippen molar-refractivity contribution in [1.82, 2.24) is 0 Å². The van der Waals surface area contributed by atoms with Crippen molar-refractivity contribution in [2.75, 3.05) is 19.5 Å². The second kappa shape index (κ2) is 9.16. The molecular formula is C26H21F2NO4. The fourth-order valence-electron chi connectivity index (χ4n) is 3.64. The highest BCUT2D eigenvalue weighted by atomic mass is 19.1. The van der Waals surface area contributed by atoms with Gasteiger partial charge in [0.05, 0.1) is 26.2 Å². The number of allylic oxidation sites excluding steroid dienone is 1. The molecule has 4 rings (SSSR count). The number of fused-ring (bicyclic) bond motifs is 1. The Balaban J connectivity index is 1.74. The Kier molecular flexibility index (Phi) is 6.13. The van der Waals surface area contributed by atoms with Crippen LogP contribution in [0.5, 0.6) is 11.5 Å². The van der Waals surface area contributed by atoms with Gasteiger partial charge in [-0.1, -0.05) is 18.2 Å². The van der Waals surface area contributed by atoms with Gasteiger partial charge in [-0.3, -0.25) is 4.79 Å². The summed E-state index contributed by atoms with van der Waals surface area (Å²) in [6.07, 6.45) is 2.95. The molecule has 0 aliphatic carbocycles. The van der Waals surface area contributed by atoms with Crippen LogP contribution in [0.3, 0.4) is 0 Å². The number of methoxy groups -OCH3 is 2. The third-order valence-corrected chi connectivity index (χ3v) is 5.25. The molecule has 0 unspecified atom stereocenters. The number of halogens is 2. The van der Waals surface area contributed by atoms with E-state index in [2.05, 4.69) is 5.32 Å². The van der Waals surface area contributed by atoms with Crippen LogP contribution < -0.4 is 14.8 Å². The van der Waals surface area contributed by atoms with E-state index in [-0.39, 0.29) is 5.69 Å². The molecule has 1 heterocycles. The van der Waals surface area contributed by atoms with Crippen LogP contribution in [0.1, 0.15) is 12.5 Å². The minimum atomic E-state index is -0.727. The Morgan fingerprint density at radius 2 is 1.73 bits per heavy atom. The lowest BCUT2D eigenvalue weighted by molar-refractivity contribution is -0.111. The van der Waals surface area contributed by atoms with Crippen LogP contribution in [-0.4, -0.2) is 20.1 Å². The predicted molar refractivity (Wildman–Crippen MR) is 123 cm³/mol. The molecule has 1 aromatic heterocycles. The fourth-order valence-corrected chi connectivity index (χ4v) is 3.64. The zero-order chi connectivity index (χ0) is 23.5. The van der Waals surface area contributed by atoms with E-state index in [1.54, 1.807) is 26.4 Å². The smallest absolute Gasteiger partial charge is 0.248 e. The van der Waals surface area contributed by atoms with E-state index in [0.29, 0.717) is 28.2 Å². The molecule has 0 atom stereocenters. The Bertz CT molecular complexity index is 1370. The molecule has 4 aromatic rings. The van der Waals surface area contributed by atoms with Crippen LogP contribution >= 0.6 is 0 Å². The molecule has 33 heavy (non-hydrogen) atoms. The maximum absolute atomic E-state index is 13.9. The highest BCUT2D eigenvalue weighted by Gasteiger charge is 2.17. The molecule has 0 spiro atoms. The Morgan fingerprint density at radius 1 is 0.970 bits per heavy atom. The first-order chi connectivity index (χ1) is 15.9. The second-order valence-corrected chi connectivity index (χ2v) is 7.34. The van der Waals surface area contributed by atoms with E-state index in [4.69, 9.17) is 13.9 Å². The van der Waals surface area contributed by atoms with Crippen molar-refractivity contribution >= 4 is 28.1 Å². The van der Waals surface area contributed by atoms with Gasteiger partial charge in [0.15, 0.2) is 0 Å². The van der Waals surface area contributed by atoms with Gasteiger partial charge in [-0.2, -0.15) is 0 Å². The first-order valence-electron chi connectivity index (χ1n) is 10.1. The minimum Gasteiger partial charge on any atom is -0.496 e. The highest BCUT2D eigenvalue weighted by molar-refractivity contribution is 6.05. The molecule has 0 aliphatic heterocycles. The van der Waals surface area contributed by atoms with Crippen molar-refractivity contribution < 1.29 is 27.5 Å². The number of furan rings is 1. The lowest BCUT2D eigenvalue weighted by atomic mass is 9.98. The molecule has 0 saturated heterocycles. The number of anilines is 1. The summed E-state index contributed by atoms with van der Waals surface area (Å²) in [4.78, 5) is 12.5. The van der Waals surface area contributed by atoms with Crippen LogP contribution in [0.15, 0.2) is 71.4 Å². The molecule has 7 heteroatoms. The molecule has 1 amide bonds. The van der Waals surface area contributed by atoms with E-state index in [1.807, 2.05) is 30.3 Å². The highest BCUT2D eigenvalue weighted by Crippen LogP contribution is 2.40. The first-order valence-corrected chi connectivity index (χ1v) is 10.1. The van der Waals surface area contributed by atoms with Crippen molar-refractivity contribution in [3.05, 3.63) is 84.1 Å². The van der Waals surface area contributed by atoms with E-state index >= 15 is 0 Å². The van der Waals surface area contributed by atoms with Crippen molar-refractivity contribution in [3.8, 4) is 22.6 Å². The normalized spacial score (nSPS) is 11.5. The third-order valence-electron chi connectivity index (χ3n) is 5.25. The van der Waals surface area contributed by atoms with Gasteiger partial charge in [-0.05, 0) is 36.8 Å². The van der Waals surface area contributed by atoms with E-state index in [0.717, 1.165) is 34.7 Å². The molecule has 168 valence electrons. The molecule has 0 bridgehead atoms. The van der Waals surface area contributed by atoms with E-state index in [9.17, 15) is 13.6 Å². The molecule has 3 aromatic carbocycles. The first kappa shape index (κ1) is 22.1. The lowest BCUT2D eigenvalue weighted by Gasteiger charge is -2.11. The van der Waals surface area contributed by atoms with Gasteiger partial charge in [0.25, 0.3) is 0 Å². The van der Waals surface area contributed by atoms with Gasteiger partial charge in [0, 0.05) is 40.3 Å². The topological polar surface area (TPSA) is 60.7 Å². The molecule has 0 saturated carbocycles. The van der Waals surface area contributed by atoms with Crippen LogP contribution in [0, 0.1) is 11.6 Å². The van der Waals surface area contributed by atoms with Crippen LogP contribution in [0.25, 0.3) is 27.7 Å². The van der Waals surface area contributed by atoms with Gasteiger partial charge in [-0.15, -0.1) is 0 Å². The Morgan fingerprint density at radius 3 is 2.48 bits per heavy atom. The summed E-state index contributed by atoms with van der Waals surface area (Å²) < 4.78 is 44.0. The van der Waals surface area contributed by atoms with Gasteiger partial charge < -0.3 is 19.2 Å². The summed E-state index contributed by atoms with van der Waals surface area (Å²) in [5, 5.41) is 3.17. The standard InChI is InChI=1S/C26H21F2NO4/c1-15(10-26(30)29-22-11-16(27)8-9-21(22)28)18-12-19-20(14-33-25(19)13-24(18)32-3)17-6-4-5-7-23(17)31-2/h4-14H,1-3H3,(H,29,30)/b15-10+. The number of hydrogen-bond acceptors (Lipinski definition) is 4. The third kappa shape index (κ3) is 4.43. The van der Waals surface area contributed by atoms with Crippen LogP contribution in [0.2, 0.25) is 0 Å². The van der Waals surface area contributed by atoms with Gasteiger partial charge in [-0.25, -0.2) is 8.78 Å². The van der Waals surface area contributed by atoms with Gasteiger partial charge in [0.1, 0.15) is 28.7 Å². The number of rotatable bonds is 6.